The highest BCUT2D eigenvalue weighted by Crippen LogP contribution is 2.29. The molecule has 6 heteroatoms. The van der Waals surface area contributed by atoms with Crippen LogP contribution in [0.15, 0.2) is 85.2 Å². The maximum absolute atomic E-state index is 12.6. The third-order valence-electron chi connectivity index (χ3n) is 5.02. The maximum atomic E-state index is 12.6. The lowest BCUT2D eigenvalue weighted by atomic mass is 10.1. The van der Waals surface area contributed by atoms with Gasteiger partial charge in [0.25, 0.3) is 5.91 Å². The van der Waals surface area contributed by atoms with Crippen LogP contribution in [0.4, 0.5) is 0 Å². The maximum Gasteiger partial charge on any atom is 0.251 e. The van der Waals surface area contributed by atoms with Gasteiger partial charge in [0.05, 0.1) is 13.2 Å². The highest BCUT2D eigenvalue weighted by atomic mass is 16.5. The van der Waals surface area contributed by atoms with Crippen LogP contribution >= 0.6 is 0 Å². The zero-order chi connectivity index (χ0) is 22.9. The molecular formula is C27H26N2O4. The first-order valence-electron chi connectivity index (χ1n) is 10.9. The van der Waals surface area contributed by atoms with Gasteiger partial charge in [0, 0.05) is 28.9 Å². The van der Waals surface area contributed by atoms with E-state index in [9.17, 15) is 4.79 Å². The summed E-state index contributed by atoms with van der Waals surface area (Å²) in [7, 11) is 0. The summed E-state index contributed by atoms with van der Waals surface area (Å²) >= 11 is 0. The highest BCUT2D eigenvalue weighted by molar-refractivity contribution is 5.95. The summed E-state index contributed by atoms with van der Waals surface area (Å²) in [5, 5.41) is 5.06. The Labute approximate surface area is 193 Å². The molecule has 0 radical (unpaired) electrons. The van der Waals surface area contributed by atoms with E-state index < -0.39 is 0 Å². The molecule has 3 aromatic carbocycles. The quantitative estimate of drug-likeness (QED) is 0.349. The lowest BCUT2D eigenvalue weighted by Gasteiger charge is -2.14. The van der Waals surface area contributed by atoms with Crippen molar-refractivity contribution in [2.75, 3.05) is 19.8 Å². The van der Waals surface area contributed by atoms with Gasteiger partial charge < -0.3 is 19.5 Å². The molecule has 0 saturated heterocycles. The van der Waals surface area contributed by atoms with Crippen molar-refractivity contribution in [1.29, 1.82) is 0 Å². The molecular weight excluding hydrogens is 416 g/mol. The van der Waals surface area contributed by atoms with Gasteiger partial charge in [-0.3, -0.25) is 9.78 Å². The first-order valence-corrected chi connectivity index (χ1v) is 10.9. The van der Waals surface area contributed by atoms with Gasteiger partial charge in [0.2, 0.25) is 0 Å². The van der Waals surface area contributed by atoms with Crippen LogP contribution in [0.1, 0.15) is 22.8 Å². The van der Waals surface area contributed by atoms with E-state index >= 15 is 0 Å². The minimum absolute atomic E-state index is 0.198. The standard InChI is InChI=1S/C27H26N2O4/c1-2-31-26-17-22(12-13-25(26)33-19-20-7-6-14-28-18-20)27(30)29-15-16-32-24-11-5-9-21-8-3-4-10-23(21)24/h3-14,17-18H,2,15-16,19H2,1H3,(H,29,30). The SMILES string of the molecule is CCOc1cc(C(=O)NCCOc2cccc3ccccc23)ccc1OCc1cccnc1. The molecule has 168 valence electrons. The molecule has 0 atom stereocenters. The van der Waals surface area contributed by atoms with E-state index in [2.05, 4.69) is 10.3 Å². The smallest absolute Gasteiger partial charge is 0.251 e. The molecule has 0 spiro atoms. The Hall–Kier alpha value is -4.06. The summed E-state index contributed by atoms with van der Waals surface area (Å²) in [6.45, 7) is 3.47. The molecule has 0 aliphatic carbocycles. The molecule has 1 heterocycles. The zero-order valence-corrected chi connectivity index (χ0v) is 18.5. The second-order valence-corrected chi connectivity index (χ2v) is 7.33. The third-order valence-corrected chi connectivity index (χ3v) is 5.02. The Morgan fingerprint density at radius 1 is 0.879 bits per heavy atom. The van der Waals surface area contributed by atoms with E-state index in [1.54, 1.807) is 30.6 Å². The molecule has 0 unspecified atom stereocenters. The van der Waals surface area contributed by atoms with Crippen molar-refractivity contribution in [3.63, 3.8) is 0 Å². The minimum Gasteiger partial charge on any atom is -0.491 e. The van der Waals surface area contributed by atoms with Gasteiger partial charge in [-0.15, -0.1) is 0 Å². The van der Waals surface area contributed by atoms with Crippen molar-refractivity contribution in [2.45, 2.75) is 13.5 Å². The number of amides is 1. The molecule has 4 rings (SSSR count). The van der Waals surface area contributed by atoms with Gasteiger partial charge in [-0.2, -0.15) is 0 Å². The predicted octanol–water partition coefficient (Wildman–Crippen LogP) is 5.02. The molecule has 1 N–H and O–H groups in total. The van der Waals surface area contributed by atoms with Gasteiger partial charge in [0.15, 0.2) is 11.5 Å². The Kier molecular flexibility index (Phi) is 7.38. The fourth-order valence-corrected chi connectivity index (χ4v) is 3.43. The first kappa shape index (κ1) is 22.1. The normalized spacial score (nSPS) is 10.6. The fraction of sp³-hybridized carbons (Fsp3) is 0.185. The number of carbonyl (C=O) groups excluding carboxylic acids is 1. The second-order valence-electron chi connectivity index (χ2n) is 7.33. The number of ether oxygens (including phenoxy) is 3. The van der Waals surface area contributed by atoms with E-state index in [1.165, 1.54) is 0 Å². The molecule has 1 amide bonds. The number of benzene rings is 3. The van der Waals surface area contributed by atoms with Crippen molar-refractivity contribution >= 4 is 16.7 Å². The molecule has 0 aliphatic rings. The lowest BCUT2D eigenvalue weighted by Crippen LogP contribution is -2.28. The van der Waals surface area contributed by atoms with Crippen LogP contribution in [0.3, 0.4) is 0 Å². The highest BCUT2D eigenvalue weighted by Gasteiger charge is 2.12. The number of nitrogens with one attached hydrogen (secondary N) is 1. The largest absolute Gasteiger partial charge is 0.491 e. The van der Waals surface area contributed by atoms with Crippen molar-refractivity contribution in [3.8, 4) is 17.2 Å². The Morgan fingerprint density at radius 2 is 1.76 bits per heavy atom. The average Bonchev–Trinajstić information content (AvgIpc) is 2.86. The van der Waals surface area contributed by atoms with E-state index in [1.807, 2.05) is 61.5 Å². The first-order chi connectivity index (χ1) is 16.2. The van der Waals surface area contributed by atoms with Crippen LogP contribution in [0, 0.1) is 0 Å². The second kappa shape index (κ2) is 11.0. The summed E-state index contributed by atoms with van der Waals surface area (Å²) in [4.78, 5) is 16.7. The Balaban J connectivity index is 1.34. The number of hydrogen-bond donors (Lipinski definition) is 1. The predicted molar refractivity (Wildman–Crippen MR) is 128 cm³/mol. The van der Waals surface area contributed by atoms with Crippen molar-refractivity contribution in [1.82, 2.24) is 10.3 Å². The van der Waals surface area contributed by atoms with E-state index in [-0.39, 0.29) is 5.91 Å². The third kappa shape index (κ3) is 5.80. The van der Waals surface area contributed by atoms with Crippen LogP contribution in [0.2, 0.25) is 0 Å². The number of carbonyl (C=O) groups is 1. The van der Waals surface area contributed by atoms with E-state index in [0.29, 0.717) is 43.4 Å². The Morgan fingerprint density at radius 3 is 2.61 bits per heavy atom. The average molecular weight is 443 g/mol. The number of pyridine rings is 1. The number of hydrogen-bond acceptors (Lipinski definition) is 5. The fourth-order valence-electron chi connectivity index (χ4n) is 3.43. The molecule has 4 aromatic rings. The van der Waals surface area contributed by atoms with Crippen molar-refractivity contribution < 1.29 is 19.0 Å². The van der Waals surface area contributed by atoms with Crippen molar-refractivity contribution in [3.05, 3.63) is 96.3 Å². The lowest BCUT2D eigenvalue weighted by molar-refractivity contribution is 0.0946. The Bertz CT molecular complexity index is 1210. The number of aromatic nitrogens is 1. The van der Waals surface area contributed by atoms with Crippen LogP contribution in [-0.4, -0.2) is 30.6 Å². The van der Waals surface area contributed by atoms with E-state index in [0.717, 1.165) is 22.1 Å². The monoisotopic (exact) mass is 442 g/mol. The van der Waals surface area contributed by atoms with Crippen LogP contribution in [0.25, 0.3) is 10.8 Å². The van der Waals surface area contributed by atoms with Gasteiger partial charge in [0.1, 0.15) is 19.0 Å². The summed E-state index contributed by atoms with van der Waals surface area (Å²) in [6.07, 6.45) is 3.47. The number of fused-ring (bicyclic) bond motifs is 1. The zero-order valence-electron chi connectivity index (χ0n) is 18.5. The molecule has 0 bridgehead atoms. The summed E-state index contributed by atoms with van der Waals surface area (Å²) in [6, 6.07) is 23.0. The van der Waals surface area contributed by atoms with Crippen molar-refractivity contribution in [2.24, 2.45) is 0 Å². The van der Waals surface area contributed by atoms with Gasteiger partial charge in [-0.1, -0.05) is 42.5 Å². The summed E-state index contributed by atoms with van der Waals surface area (Å²) in [5.41, 5.74) is 1.45. The minimum atomic E-state index is -0.198. The van der Waals surface area contributed by atoms with Gasteiger partial charge >= 0.3 is 0 Å². The van der Waals surface area contributed by atoms with Crippen LogP contribution < -0.4 is 19.5 Å². The molecule has 33 heavy (non-hydrogen) atoms. The summed E-state index contributed by atoms with van der Waals surface area (Å²) in [5.74, 6) is 1.71. The van der Waals surface area contributed by atoms with Gasteiger partial charge in [-0.05, 0) is 42.6 Å². The number of nitrogens with zero attached hydrogens (tertiary/aromatic N) is 1. The van der Waals surface area contributed by atoms with Crippen LogP contribution in [-0.2, 0) is 6.61 Å². The molecule has 1 aromatic heterocycles. The number of rotatable bonds is 10. The summed E-state index contributed by atoms with van der Waals surface area (Å²) < 4.78 is 17.5. The van der Waals surface area contributed by atoms with E-state index in [4.69, 9.17) is 14.2 Å². The molecule has 6 nitrogen and oxygen atoms in total. The molecule has 0 fully saturated rings. The van der Waals surface area contributed by atoms with Crippen LogP contribution in [0.5, 0.6) is 17.2 Å². The molecule has 0 aliphatic heterocycles. The van der Waals surface area contributed by atoms with Gasteiger partial charge in [-0.25, -0.2) is 0 Å². The molecule has 0 saturated carbocycles. The topological polar surface area (TPSA) is 69.7 Å².